The van der Waals surface area contributed by atoms with Crippen LogP contribution in [0.1, 0.15) is 26.7 Å². The van der Waals surface area contributed by atoms with E-state index in [4.69, 9.17) is 10.5 Å². The molecule has 2 nitrogen and oxygen atoms in total. The minimum absolute atomic E-state index is 0. The summed E-state index contributed by atoms with van der Waals surface area (Å²) in [5.41, 5.74) is 5.11. The van der Waals surface area contributed by atoms with Gasteiger partial charge in [0.15, 0.2) is 0 Å². The number of nitrogens with two attached hydrogens (primary N) is 1. The van der Waals surface area contributed by atoms with E-state index in [0.29, 0.717) is 6.04 Å². The van der Waals surface area contributed by atoms with Crippen molar-refractivity contribution in [3.8, 4) is 0 Å². The predicted octanol–water partition coefficient (Wildman–Crippen LogP) is 0.769. The fraction of sp³-hybridized carbons (Fsp3) is 1.00. The summed E-state index contributed by atoms with van der Waals surface area (Å²) < 4.78 is 4.94. The van der Waals surface area contributed by atoms with Gasteiger partial charge in [-0.2, -0.15) is 0 Å². The number of hydrogen-bond acceptors (Lipinski definition) is 2. The maximum absolute atomic E-state index is 5.11. The minimum atomic E-state index is 0. The van der Waals surface area contributed by atoms with Crippen molar-refractivity contribution in [2.75, 3.05) is 13.2 Å². The second-order valence-corrected chi connectivity index (χ2v) is 2.56. The van der Waals surface area contributed by atoms with Crippen molar-refractivity contribution in [3.05, 3.63) is 0 Å². The molecular formula is C7H17LiNO. The summed E-state index contributed by atoms with van der Waals surface area (Å²) >= 11 is 0. The molecule has 0 amide bonds. The van der Waals surface area contributed by atoms with Crippen molar-refractivity contribution in [2.45, 2.75) is 32.7 Å². The van der Waals surface area contributed by atoms with Crippen molar-refractivity contribution in [3.63, 3.8) is 0 Å². The topological polar surface area (TPSA) is 35.2 Å². The Hall–Kier alpha value is 0.517. The number of rotatable bonds is 0. The van der Waals surface area contributed by atoms with Crippen LogP contribution in [-0.2, 0) is 4.74 Å². The Bertz CT molecular complexity index is 45.2. The zero-order valence-electron chi connectivity index (χ0n) is 7.39. The molecule has 0 aromatic rings. The Kier molecular flexibility index (Phi) is 12.5. The van der Waals surface area contributed by atoms with Crippen LogP contribution >= 0.6 is 0 Å². The van der Waals surface area contributed by atoms with Crippen LogP contribution in [-0.4, -0.2) is 38.1 Å². The summed E-state index contributed by atoms with van der Waals surface area (Å²) in [5.74, 6) is 0. The summed E-state index contributed by atoms with van der Waals surface area (Å²) in [7, 11) is 0. The fourth-order valence-electron chi connectivity index (χ4n) is 0.510. The molecule has 0 saturated carbocycles. The Morgan fingerprint density at radius 3 is 1.60 bits per heavy atom. The van der Waals surface area contributed by atoms with E-state index in [2.05, 4.69) is 0 Å². The average Bonchev–Trinajstić information content (AvgIpc) is 2.11. The molecule has 3 heteroatoms. The summed E-state index contributed by atoms with van der Waals surface area (Å²) in [5, 5.41) is 0. The van der Waals surface area contributed by atoms with Crippen LogP contribution in [0.5, 0.6) is 0 Å². The molecule has 1 saturated heterocycles. The first kappa shape index (κ1) is 13.1. The Balaban J connectivity index is 0. The van der Waals surface area contributed by atoms with E-state index < -0.39 is 0 Å². The van der Waals surface area contributed by atoms with Crippen LogP contribution in [0, 0.1) is 0 Å². The molecular weight excluding hydrogens is 121 g/mol. The molecule has 1 aliphatic rings. The van der Waals surface area contributed by atoms with Crippen LogP contribution in [0.2, 0.25) is 0 Å². The molecule has 1 aliphatic heterocycles. The number of hydrogen-bond donors (Lipinski definition) is 1. The second kappa shape index (κ2) is 9.52. The van der Waals surface area contributed by atoms with Gasteiger partial charge in [-0.25, -0.2) is 0 Å². The molecule has 1 rings (SSSR count). The molecule has 0 aromatic carbocycles. The molecule has 0 unspecified atom stereocenters. The third-order valence-electron chi connectivity index (χ3n) is 0.827. The van der Waals surface area contributed by atoms with Crippen LogP contribution in [0.25, 0.3) is 0 Å². The maximum atomic E-state index is 5.11. The zero-order valence-corrected chi connectivity index (χ0v) is 7.39. The molecule has 1 heterocycles. The van der Waals surface area contributed by atoms with Gasteiger partial charge < -0.3 is 10.5 Å². The third-order valence-corrected chi connectivity index (χ3v) is 0.827. The third kappa shape index (κ3) is 15.8. The van der Waals surface area contributed by atoms with Crippen molar-refractivity contribution in [2.24, 2.45) is 5.73 Å². The molecule has 0 bridgehead atoms. The van der Waals surface area contributed by atoms with Crippen molar-refractivity contribution >= 4 is 18.9 Å². The van der Waals surface area contributed by atoms with Crippen molar-refractivity contribution in [1.82, 2.24) is 0 Å². The largest absolute Gasteiger partial charge is 0.381 e. The van der Waals surface area contributed by atoms with E-state index in [1.165, 1.54) is 12.8 Å². The quantitative estimate of drug-likeness (QED) is 0.502. The first-order chi connectivity index (χ1) is 4.23. The second-order valence-electron chi connectivity index (χ2n) is 2.56. The zero-order chi connectivity index (χ0) is 7.11. The molecule has 0 atom stereocenters. The van der Waals surface area contributed by atoms with Crippen LogP contribution in [0.4, 0.5) is 0 Å². The monoisotopic (exact) mass is 138 g/mol. The Morgan fingerprint density at radius 2 is 1.50 bits per heavy atom. The first-order valence-electron chi connectivity index (χ1n) is 3.57. The van der Waals surface area contributed by atoms with Crippen LogP contribution < -0.4 is 5.73 Å². The van der Waals surface area contributed by atoms with E-state index in [0.717, 1.165) is 13.2 Å². The summed E-state index contributed by atoms with van der Waals surface area (Å²) in [6.07, 6.45) is 2.56. The molecule has 1 fully saturated rings. The number of ether oxygens (including phenoxy) is 1. The van der Waals surface area contributed by atoms with Crippen LogP contribution in [0.3, 0.4) is 0 Å². The van der Waals surface area contributed by atoms with E-state index >= 15 is 0 Å². The molecule has 2 N–H and O–H groups in total. The standard InChI is InChI=1S/C4H8O.C3H9N.Li/c1-2-4-5-3-1;1-3(2)4;/h1-4H2;3H,4H2,1-2H3;. The van der Waals surface area contributed by atoms with Crippen molar-refractivity contribution in [1.29, 1.82) is 0 Å². The van der Waals surface area contributed by atoms with Crippen molar-refractivity contribution < 1.29 is 4.74 Å². The molecule has 0 spiro atoms. The van der Waals surface area contributed by atoms with Gasteiger partial charge in [-0.05, 0) is 18.9 Å². The summed E-state index contributed by atoms with van der Waals surface area (Å²) in [6, 6.07) is 0.333. The van der Waals surface area contributed by atoms with E-state index in [9.17, 15) is 0 Å². The molecule has 1 radical (unpaired) electrons. The summed E-state index contributed by atoms with van der Waals surface area (Å²) in [6.45, 7) is 5.89. The van der Waals surface area contributed by atoms with Gasteiger partial charge in [0, 0.05) is 32.1 Å². The maximum Gasteiger partial charge on any atom is 0.0466 e. The smallest absolute Gasteiger partial charge is 0.0466 e. The van der Waals surface area contributed by atoms with E-state index in [-0.39, 0.29) is 18.9 Å². The molecule has 0 aliphatic carbocycles. The van der Waals surface area contributed by atoms with Gasteiger partial charge in [0.1, 0.15) is 0 Å². The predicted molar refractivity (Wildman–Crippen MR) is 45.1 cm³/mol. The van der Waals surface area contributed by atoms with Gasteiger partial charge in [0.25, 0.3) is 0 Å². The Morgan fingerprint density at radius 1 is 1.20 bits per heavy atom. The van der Waals surface area contributed by atoms with E-state index in [1.54, 1.807) is 0 Å². The molecule has 57 valence electrons. The summed E-state index contributed by atoms with van der Waals surface area (Å²) in [4.78, 5) is 0. The SMILES string of the molecule is C1CCOC1.CC(C)N.[Li]. The fourth-order valence-corrected chi connectivity index (χ4v) is 0.510. The average molecular weight is 138 g/mol. The Labute approximate surface area is 75.7 Å². The minimum Gasteiger partial charge on any atom is -0.381 e. The van der Waals surface area contributed by atoms with Gasteiger partial charge in [0.05, 0.1) is 0 Å². The van der Waals surface area contributed by atoms with Gasteiger partial charge >= 0.3 is 0 Å². The normalized spacial score (nSPS) is 15.6. The first-order valence-corrected chi connectivity index (χ1v) is 3.57. The van der Waals surface area contributed by atoms with Gasteiger partial charge in [-0.15, -0.1) is 0 Å². The van der Waals surface area contributed by atoms with E-state index in [1.807, 2.05) is 13.8 Å². The van der Waals surface area contributed by atoms with Gasteiger partial charge in [-0.3, -0.25) is 0 Å². The van der Waals surface area contributed by atoms with Crippen LogP contribution in [0.15, 0.2) is 0 Å². The molecule has 10 heavy (non-hydrogen) atoms. The molecule has 0 aromatic heterocycles. The van der Waals surface area contributed by atoms with Gasteiger partial charge in [-0.1, -0.05) is 13.8 Å². The van der Waals surface area contributed by atoms with Gasteiger partial charge in [0.2, 0.25) is 0 Å².